The second-order valence-electron chi connectivity index (χ2n) is 5.20. The molecule has 23 heavy (non-hydrogen) atoms. The number of aryl methyl sites for hydroxylation is 1. The van der Waals surface area contributed by atoms with Gasteiger partial charge in [-0.2, -0.15) is 4.98 Å². The van der Waals surface area contributed by atoms with Crippen molar-refractivity contribution in [2.45, 2.75) is 19.8 Å². The molecule has 0 saturated carbocycles. The fourth-order valence-corrected chi connectivity index (χ4v) is 2.50. The van der Waals surface area contributed by atoms with Gasteiger partial charge in [0.15, 0.2) is 5.82 Å². The standard InChI is InChI=1S/C18H18N2O3/c1-3-12-6-4-5-7-13(12)10-17-19-18(23-20-17)15-9-8-14(22-2)11-16(15)21/h4-9,11,21H,3,10H2,1-2H3. The average molecular weight is 310 g/mol. The number of ether oxygens (including phenoxy) is 1. The number of rotatable bonds is 5. The van der Waals surface area contributed by atoms with E-state index in [9.17, 15) is 5.11 Å². The Balaban J connectivity index is 1.86. The molecule has 0 saturated heterocycles. The Hall–Kier alpha value is -2.82. The van der Waals surface area contributed by atoms with Crippen molar-refractivity contribution in [2.24, 2.45) is 0 Å². The topological polar surface area (TPSA) is 68.4 Å². The summed E-state index contributed by atoms with van der Waals surface area (Å²) in [7, 11) is 1.55. The Morgan fingerprint density at radius 2 is 1.91 bits per heavy atom. The van der Waals surface area contributed by atoms with Crippen molar-refractivity contribution >= 4 is 0 Å². The Morgan fingerprint density at radius 1 is 1.13 bits per heavy atom. The van der Waals surface area contributed by atoms with Crippen LogP contribution in [-0.2, 0) is 12.8 Å². The van der Waals surface area contributed by atoms with E-state index in [4.69, 9.17) is 9.26 Å². The SMILES string of the molecule is CCc1ccccc1Cc1noc(-c2ccc(OC)cc2O)n1. The van der Waals surface area contributed by atoms with E-state index in [1.54, 1.807) is 19.2 Å². The maximum Gasteiger partial charge on any atom is 0.261 e. The van der Waals surface area contributed by atoms with Crippen molar-refractivity contribution in [2.75, 3.05) is 7.11 Å². The van der Waals surface area contributed by atoms with Crippen LogP contribution in [0, 0.1) is 0 Å². The molecule has 5 nitrogen and oxygen atoms in total. The first-order valence-corrected chi connectivity index (χ1v) is 7.48. The maximum absolute atomic E-state index is 10.0. The summed E-state index contributed by atoms with van der Waals surface area (Å²) in [6.45, 7) is 2.12. The van der Waals surface area contributed by atoms with Gasteiger partial charge in [-0.25, -0.2) is 0 Å². The number of nitrogens with zero attached hydrogens (tertiary/aromatic N) is 2. The van der Waals surface area contributed by atoms with Gasteiger partial charge in [0, 0.05) is 12.5 Å². The van der Waals surface area contributed by atoms with Crippen LogP contribution in [0.1, 0.15) is 23.9 Å². The minimum absolute atomic E-state index is 0.0495. The molecule has 0 amide bonds. The molecule has 3 aromatic rings. The van der Waals surface area contributed by atoms with Gasteiger partial charge in [-0.1, -0.05) is 36.3 Å². The maximum atomic E-state index is 10.0. The first-order chi connectivity index (χ1) is 11.2. The van der Waals surface area contributed by atoms with Crippen molar-refractivity contribution in [1.29, 1.82) is 0 Å². The van der Waals surface area contributed by atoms with E-state index in [1.807, 2.05) is 12.1 Å². The third kappa shape index (κ3) is 3.18. The zero-order valence-corrected chi connectivity index (χ0v) is 13.1. The highest BCUT2D eigenvalue weighted by Crippen LogP contribution is 2.31. The largest absolute Gasteiger partial charge is 0.507 e. The molecule has 118 valence electrons. The quantitative estimate of drug-likeness (QED) is 0.779. The summed E-state index contributed by atoms with van der Waals surface area (Å²) < 4.78 is 10.4. The lowest BCUT2D eigenvalue weighted by atomic mass is 10.0. The van der Waals surface area contributed by atoms with E-state index in [1.165, 1.54) is 17.2 Å². The average Bonchev–Trinajstić information content (AvgIpc) is 3.03. The van der Waals surface area contributed by atoms with E-state index < -0.39 is 0 Å². The summed E-state index contributed by atoms with van der Waals surface area (Å²) in [5.41, 5.74) is 2.95. The van der Waals surface area contributed by atoms with E-state index in [-0.39, 0.29) is 5.75 Å². The fourth-order valence-electron chi connectivity index (χ4n) is 2.50. The molecule has 0 bridgehead atoms. The van der Waals surface area contributed by atoms with Crippen LogP contribution in [0.25, 0.3) is 11.5 Å². The van der Waals surface area contributed by atoms with Gasteiger partial charge in [-0.3, -0.25) is 0 Å². The lowest BCUT2D eigenvalue weighted by Crippen LogP contribution is -1.96. The molecule has 0 spiro atoms. The van der Waals surface area contributed by atoms with Crippen LogP contribution in [-0.4, -0.2) is 22.4 Å². The predicted molar refractivity (Wildman–Crippen MR) is 86.6 cm³/mol. The minimum atomic E-state index is 0.0495. The van der Waals surface area contributed by atoms with Crippen molar-refractivity contribution in [3.8, 4) is 23.0 Å². The molecule has 1 N–H and O–H groups in total. The normalized spacial score (nSPS) is 10.7. The van der Waals surface area contributed by atoms with E-state index in [0.717, 1.165) is 6.42 Å². The van der Waals surface area contributed by atoms with Crippen LogP contribution in [0.3, 0.4) is 0 Å². The molecular formula is C18H18N2O3. The molecular weight excluding hydrogens is 292 g/mol. The number of aromatic hydroxyl groups is 1. The molecule has 5 heteroatoms. The number of methoxy groups -OCH3 is 1. The Morgan fingerprint density at radius 3 is 2.61 bits per heavy atom. The van der Waals surface area contributed by atoms with Crippen molar-refractivity contribution < 1.29 is 14.4 Å². The summed E-state index contributed by atoms with van der Waals surface area (Å²) >= 11 is 0. The van der Waals surface area contributed by atoms with Gasteiger partial charge in [0.1, 0.15) is 11.5 Å². The Bertz CT molecular complexity index is 812. The Labute approximate surface area is 134 Å². The van der Waals surface area contributed by atoms with Gasteiger partial charge >= 0.3 is 0 Å². The van der Waals surface area contributed by atoms with Gasteiger partial charge in [0.05, 0.1) is 12.7 Å². The molecule has 2 aromatic carbocycles. The number of phenols is 1. The summed E-state index contributed by atoms with van der Waals surface area (Å²) in [4.78, 5) is 4.39. The zero-order chi connectivity index (χ0) is 16.2. The molecule has 0 aliphatic heterocycles. The number of hydrogen-bond donors (Lipinski definition) is 1. The third-order valence-electron chi connectivity index (χ3n) is 3.75. The molecule has 0 fully saturated rings. The lowest BCUT2D eigenvalue weighted by molar-refractivity contribution is 0.404. The molecule has 1 aromatic heterocycles. The van der Waals surface area contributed by atoms with Gasteiger partial charge < -0.3 is 14.4 Å². The summed E-state index contributed by atoms with van der Waals surface area (Å²) in [5.74, 6) is 1.52. The molecule has 0 atom stereocenters. The van der Waals surface area contributed by atoms with Gasteiger partial charge in [-0.15, -0.1) is 0 Å². The number of hydrogen-bond acceptors (Lipinski definition) is 5. The van der Waals surface area contributed by atoms with E-state index in [2.05, 4.69) is 29.2 Å². The van der Waals surface area contributed by atoms with E-state index >= 15 is 0 Å². The molecule has 0 unspecified atom stereocenters. The van der Waals surface area contributed by atoms with Gasteiger partial charge in [-0.05, 0) is 29.7 Å². The first-order valence-electron chi connectivity index (χ1n) is 7.48. The van der Waals surface area contributed by atoms with Gasteiger partial charge in [0.25, 0.3) is 5.89 Å². The Kier molecular flexibility index (Phi) is 4.28. The monoisotopic (exact) mass is 310 g/mol. The van der Waals surface area contributed by atoms with Crippen molar-refractivity contribution in [3.05, 3.63) is 59.4 Å². The third-order valence-corrected chi connectivity index (χ3v) is 3.75. The highest BCUT2D eigenvalue weighted by Gasteiger charge is 2.14. The highest BCUT2D eigenvalue weighted by atomic mass is 16.5. The highest BCUT2D eigenvalue weighted by molar-refractivity contribution is 5.63. The smallest absolute Gasteiger partial charge is 0.261 e. The van der Waals surface area contributed by atoms with Crippen LogP contribution in [0.4, 0.5) is 0 Å². The molecule has 0 aliphatic rings. The fraction of sp³-hybridized carbons (Fsp3) is 0.222. The van der Waals surface area contributed by atoms with Crippen molar-refractivity contribution in [1.82, 2.24) is 10.1 Å². The minimum Gasteiger partial charge on any atom is -0.507 e. The molecule has 1 heterocycles. The summed E-state index contributed by atoms with van der Waals surface area (Å²) in [5, 5.41) is 14.1. The number of phenolic OH excluding ortho intramolecular Hbond substituents is 1. The van der Waals surface area contributed by atoms with Crippen LogP contribution < -0.4 is 4.74 Å². The molecule has 0 radical (unpaired) electrons. The second kappa shape index (κ2) is 6.52. The number of aromatic nitrogens is 2. The van der Waals surface area contributed by atoms with Crippen LogP contribution in [0.5, 0.6) is 11.5 Å². The molecule has 0 aliphatic carbocycles. The molecule has 3 rings (SSSR count). The second-order valence-corrected chi connectivity index (χ2v) is 5.20. The van der Waals surface area contributed by atoms with Crippen LogP contribution in [0.15, 0.2) is 47.0 Å². The zero-order valence-electron chi connectivity index (χ0n) is 13.1. The predicted octanol–water partition coefficient (Wildman–Crippen LogP) is 3.60. The summed E-state index contributed by atoms with van der Waals surface area (Å²) in [6.07, 6.45) is 1.56. The van der Waals surface area contributed by atoms with Gasteiger partial charge in [0.2, 0.25) is 0 Å². The summed E-state index contributed by atoms with van der Waals surface area (Å²) in [6, 6.07) is 13.2. The van der Waals surface area contributed by atoms with E-state index in [0.29, 0.717) is 29.4 Å². The van der Waals surface area contributed by atoms with Crippen LogP contribution >= 0.6 is 0 Å². The van der Waals surface area contributed by atoms with Crippen molar-refractivity contribution in [3.63, 3.8) is 0 Å². The lowest BCUT2D eigenvalue weighted by Gasteiger charge is -2.04. The number of benzene rings is 2. The van der Waals surface area contributed by atoms with Crippen LogP contribution in [0.2, 0.25) is 0 Å². The first kappa shape index (κ1) is 15.1.